The second kappa shape index (κ2) is 4.79. The van der Waals surface area contributed by atoms with Gasteiger partial charge in [0.25, 0.3) is 0 Å². The Balaban J connectivity index is 2.58. The lowest BCUT2D eigenvalue weighted by molar-refractivity contribution is -0.143. The van der Waals surface area contributed by atoms with Gasteiger partial charge in [-0.1, -0.05) is 12.2 Å². The Labute approximate surface area is 83.0 Å². The van der Waals surface area contributed by atoms with Crippen LogP contribution in [0.4, 0.5) is 0 Å². The molecule has 1 fully saturated rings. The number of carbonyl (C=O) groups is 2. The molecule has 1 saturated heterocycles. The molecule has 1 aliphatic heterocycles. The summed E-state index contributed by atoms with van der Waals surface area (Å²) in [5.74, 6) is -1.35. The van der Waals surface area contributed by atoms with Crippen molar-refractivity contribution in [2.75, 3.05) is 6.54 Å². The summed E-state index contributed by atoms with van der Waals surface area (Å²) in [7, 11) is 0. The normalized spacial score (nSPS) is 23.8. The maximum absolute atomic E-state index is 10.9. The number of allylic oxidation sites excluding steroid dienone is 2. The first kappa shape index (κ1) is 10.8. The molecular weight excluding hydrogens is 182 g/mol. The molecule has 2 atom stereocenters. The molecule has 0 bridgehead atoms. The summed E-state index contributed by atoms with van der Waals surface area (Å²) in [6.07, 6.45) is 4.52. The molecule has 2 unspecified atom stereocenters. The third kappa shape index (κ3) is 2.58. The second-order valence-corrected chi connectivity index (χ2v) is 3.52. The van der Waals surface area contributed by atoms with Crippen LogP contribution in [-0.2, 0) is 9.59 Å². The standard InChI is InChI=1S/C10H15NO3/c1-2-3-4-8(10(13)14)7-5-9(12)11-6-7/h2-3,7-8H,4-6H2,1H3,(H,11,12)(H,13,14). The van der Waals surface area contributed by atoms with Gasteiger partial charge in [0.1, 0.15) is 0 Å². The van der Waals surface area contributed by atoms with Gasteiger partial charge in [-0.2, -0.15) is 0 Å². The highest BCUT2D eigenvalue weighted by Gasteiger charge is 2.32. The predicted molar refractivity (Wildman–Crippen MR) is 51.7 cm³/mol. The zero-order valence-electron chi connectivity index (χ0n) is 8.19. The second-order valence-electron chi connectivity index (χ2n) is 3.52. The van der Waals surface area contributed by atoms with Gasteiger partial charge in [0.15, 0.2) is 0 Å². The van der Waals surface area contributed by atoms with Crippen molar-refractivity contribution in [1.29, 1.82) is 0 Å². The van der Waals surface area contributed by atoms with Crippen molar-refractivity contribution in [3.63, 3.8) is 0 Å². The fraction of sp³-hybridized carbons (Fsp3) is 0.600. The monoisotopic (exact) mass is 197 g/mol. The summed E-state index contributed by atoms with van der Waals surface area (Å²) in [5, 5.41) is 11.6. The van der Waals surface area contributed by atoms with Gasteiger partial charge in [-0.3, -0.25) is 9.59 Å². The first-order valence-electron chi connectivity index (χ1n) is 4.75. The lowest BCUT2D eigenvalue weighted by atomic mass is 9.88. The minimum Gasteiger partial charge on any atom is -0.481 e. The maximum Gasteiger partial charge on any atom is 0.307 e. The van der Waals surface area contributed by atoms with Crippen molar-refractivity contribution < 1.29 is 14.7 Å². The molecule has 78 valence electrons. The molecule has 0 aromatic heterocycles. The van der Waals surface area contributed by atoms with Crippen LogP contribution in [0.15, 0.2) is 12.2 Å². The van der Waals surface area contributed by atoms with Crippen molar-refractivity contribution in [3.8, 4) is 0 Å². The molecule has 0 spiro atoms. The van der Waals surface area contributed by atoms with Crippen molar-refractivity contribution in [1.82, 2.24) is 5.32 Å². The predicted octanol–water partition coefficient (Wildman–Crippen LogP) is 0.790. The smallest absolute Gasteiger partial charge is 0.307 e. The molecule has 0 aliphatic carbocycles. The minimum atomic E-state index is -0.815. The third-order valence-electron chi connectivity index (χ3n) is 2.52. The fourth-order valence-corrected chi connectivity index (χ4v) is 1.69. The van der Waals surface area contributed by atoms with Gasteiger partial charge < -0.3 is 10.4 Å². The van der Waals surface area contributed by atoms with E-state index in [4.69, 9.17) is 5.11 Å². The lowest BCUT2D eigenvalue weighted by Gasteiger charge is -2.15. The Bertz CT molecular complexity index is 260. The van der Waals surface area contributed by atoms with Gasteiger partial charge in [-0.25, -0.2) is 0 Å². The molecule has 1 rings (SSSR count). The molecular formula is C10H15NO3. The van der Waals surface area contributed by atoms with Crippen LogP contribution in [0.3, 0.4) is 0 Å². The van der Waals surface area contributed by atoms with Gasteiger partial charge in [0, 0.05) is 13.0 Å². The summed E-state index contributed by atoms with van der Waals surface area (Å²) in [6, 6.07) is 0. The quantitative estimate of drug-likeness (QED) is 0.655. The number of carbonyl (C=O) groups excluding carboxylic acids is 1. The number of amides is 1. The summed E-state index contributed by atoms with van der Waals surface area (Å²) < 4.78 is 0. The first-order chi connectivity index (χ1) is 6.65. The Hall–Kier alpha value is -1.32. The number of carboxylic acids is 1. The Kier molecular flexibility index (Phi) is 3.68. The van der Waals surface area contributed by atoms with Gasteiger partial charge in [0.2, 0.25) is 5.91 Å². The maximum atomic E-state index is 10.9. The summed E-state index contributed by atoms with van der Waals surface area (Å²) in [6.45, 7) is 2.35. The van der Waals surface area contributed by atoms with Crippen LogP contribution in [0.2, 0.25) is 0 Å². The fourth-order valence-electron chi connectivity index (χ4n) is 1.69. The molecule has 0 aromatic rings. The first-order valence-corrected chi connectivity index (χ1v) is 4.75. The zero-order valence-corrected chi connectivity index (χ0v) is 8.19. The van der Waals surface area contributed by atoms with Gasteiger partial charge >= 0.3 is 5.97 Å². The molecule has 1 heterocycles. The van der Waals surface area contributed by atoms with Crippen molar-refractivity contribution in [3.05, 3.63) is 12.2 Å². The number of hydrogen-bond donors (Lipinski definition) is 2. The van der Waals surface area contributed by atoms with Crippen LogP contribution in [-0.4, -0.2) is 23.5 Å². The average Bonchev–Trinajstić information content (AvgIpc) is 2.52. The van der Waals surface area contributed by atoms with E-state index in [1.807, 2.05) is 19.1 Å². The van der Waals surface area contributed by atoms with Crippen molar-refractivity contribution >= 4 is 11.9 Å². The lowest BCUT2D eigenvalue weighted by Crippen LogP contribution is -2.25. The third-order valence-corrected chi connectivity index (χ3v) is 2.52. The van der Waals surface area contributed by atoms with Gasteiger partial charge in [-0.05, 0) is 19.3 Å². The van der Waals surface area contributed by atoms with E-state index in [2.05, 4.69) is 5.32 Å². The van der Waals surface area contributed by atoms with E-state index in [9.17, 15) is 9.59 Å². The van der Waals surface area contributed by atoms with E-state index in [-0.39, 0.29) is 11.8 Å². The molecule has 1 amide bonds. The topological polar surface area (TPSA) is 66.4 Å². The zero-order chi connectivity index (χ0) is 10.6. The number of hydrogen-bond acceptors (Lipinski definition) is 2. The van der Waals surface area contributed by atoms with Gasteiger partial charge in [-0.15, -0.1) is 0 Å². The van der Waals surface area contributed by atoms with Gasteiger partial charge in [0.05, 0.1) is 5.92 Å². The molecule has 0 saturated carbocycles. The molecule has 0 aromatic carbocycles. The highest BCUT2D eigenvalue weighted by Crippen LogP contribution is 2.23. The van der Waals surface area contributed by atoms with Crippen LogP contribution in [0.5, 0.6) is 0 Å². The SMILES string of the molecule is CC=CCC(C(=O)O)C1CNC(=O)C1. The molecule has 2 N–H and O–H groups in total. The van der Waals surface area contributed by atoms with E-state index >= 15 is 0 Å². The largest absolute Gasteiger partial charge is 0.481 e. The number of carboxylic acid groups (broad SMARTS) is 1. The van der Waals surface area contributed by atoms with E-state index in [0.29, 0.717) is 19.4 Å². The van der Waals surface area contributed by atoms with Crippen LogP contribution in [0.25, 0.3) is 0 Å². The van der Waals surface area contributed by atoms with E-state index in [0.717, 1.165) is 0 Å². The Morgan fingerprint density at radius 2 is 2.50 bits per heavy atom. The van der Waals surface area contributed by atoms with Crippen LogP contribution in [0, 0.1) is 11.8 Å². The average molecular weight is 197 g/mol. The van der Waals surface area contributed by atoms with Crippen LogP contribution in [0.1, 0.15) is 19.8 Å². The molecule has 14 heavy (non-hydrogen) atoms. The highest BCUT2D eigenvalue weighted by atomic mass is 16.4. The van der Waals surface area contributed by atoms with Crippen molar-refractivity contribution in [2.45, 2.75) is 19.8 Å². The molecule has 4 heteroatoms. The van der Waals surface area contributed by atoms with Crippen molar-refractivity contribution in [2.24, 2.45) is 11.8 Å². The van der Waals surface area contributed by atoms with Crippen LogP contribution >= 0.6 is 0 Å². The summed E-state index contributed by atoms with van der Waals surface area (Å²) in [4.78, 5) is 21.9. The van der Waals surface area contributed by atoms with E-state index < -0.39 is 11.9 Å². The molecule has 4 nitrogen and oxygen atoms in total. The highest BCUT2D eigenvalue weighted by molar-refractivity contribution is 5.80. The van der Waals surface area contributed by atoms with E-state index in [1.54, 1.807) is 0 Å². The van der Waals surface area contributed by atoms with Crippen LogP contribution < -0.4 is 5.32 Å². The number of rotatable bonds is 4. The number of aliphatic carboxylic acids is 1. The summed E-state index contributed by atoms with van der Waals surface area (Å²) >= 11 is 0. The number of nitrogens with one attached hydrogen (secondary N) is 1. The Morgan fingerprint density at radius 3 is 2.93 bits per heavy atom. The van der Waals surface area contributed by atoms with E-state index in [1.165, 1.54) is 0 Å². The molecule has 1 aliphatic rings. The molecule has 0 radical (unpaired) electrons. The Morgan fingerprint density at radius 1 is 1.79 bits per heavy atom. The summed E-state index contributed by atoms with van der Waals surface area (Å²) in [5.41, 5.74) is 0. The minimum absolute atomic E-state index is 0.0401.